The molecule has 23 heavy (non-hydrogen) atoms. The summed E-state index contributed by atoms with van der Waals surface area (Å²) in [6, 6.07) is 0. The predicted octanol–water partition coefficient (Wildman–Crippen LogP) is 3.34. The lowest BCUT2D eigenvalue weighted by atomic mass is 9.49. The molecule has 5 aliphatic rings. The van der Waals surface area contributed by atoms with Gasteiger partial charge in [-0.3, -0.25) is 4.79 Å². The maximum Gasteiger partial charge on any atom is 0.273 e. The maximum absolute atomic E-state index is 12.7. The average Bonchev–Trinajstić information content (AvgIpc) is 2.93. The van der Waals surface area contributed by atoms with Crippen molar-refractivity contribution in [3.63, 3.8) is 0 Å². The van der Waals surface area contributed by atoms with Crippen LogP contribution < -0.4 is 4.74 Å². The summed E-state index contributed by atoms with van der Waals surface area (Å²) in [6.45, 7) is 1.48. The number of hydrogen-bond donors (Lipinski definition) is 0. The molecule has 1 amide bonds. The van der Waals surface area contributed by atoms with Crippen LogP contribution in [0.4, 0.5) is 0 Å². The van der Waals surface area contributed by atoms with Gasteiger partial charge in [0.25, 0.3) is 5.19 Å². The van der Waals surface area contributed by atoms with Gasteiger partial charge >= 0.3 is 0 Å². The molecule has 0 radical (unpaired) electrons. The highest BCUT2D eigenvalue weighted by atomic mass is 32.1. The minimum absolute atomic E-state index is 0.140. The normalized spacial score (nSPS) is 38.6. The van der Waals surface area contributed by atoms with Crippen molar-refractivity contribution in [1.29, 1.82) is 0 Å². The van der Waals surface area contributed by atoms with Gasteiger partial charge in [0.05, 0.1) is 13.1 Å². The van der Waals surface area contributed by atoms with Crippen LogP contribution in [0.1, 0.15) is 44.9 Å². The van der Waals surface area contributed by atoms with Crippen molar-refractivity contribution in [2.75, 3.05) is 13.1 Å². The van der Waals surface area contributed by atoms with E-state index in [2.05, 4.69) is 4.98 Å². The lowest BCUT2D eigenvalue weighted by Gasteiger charge is -2.57. The summed E-state index contributed by atoms with van der Waals surface area (Å²) in [4.78, 5) is 18.9. The summed E-state index contributed by atoms with van der Waals surface area (Å²) in [5.41, 5.74) is 0.354. The summed E-state index contributed by atoms with van der Waals surface area (Å²) in [6.07, 6.45) is 11.0. The number of hydrogen-bond acceptors (Lipinski definition) is 4. The SMILES string of the molecule is O=C(CC12CC3CC(CC(C3)C1)C2)N1CC(Oc2nccs2)C1. The molecule has 5 fully saturated rings. The molecule has 4 aliphatic carbocycles. The van der Waals surface area contributed by atoms with Crippen LogP contribution in [-0.2, 0) is 4.79 Å². The van der Waals surface area contributed by atoms with E-state index in [-0.39, 0.29) is 6.10 Å². The number of nitrogens with zero attached hydrogens (tertiary/aromatic N) is 2. The highest BCUT2D eigenvalue weighted by Gasteiger charge is 2.52. The van der Waals surface area contributed by atoms with Gasteiger partial charge in [-0.05, 0) is 61.7 Å². The standard InChI is InChI=1S/C18H24N2O2S/c21-16(20-10-15(11-20)22-17-19-1-2-23-17)9-18-6-12-3-13(7-18)5-14(4-12)8-18/h1-2,12-15H,3-11H2. The van der Waals surface area contributed by atoms with Gasteiger partial charge in [-0.25, -0.2) is 4.98 Å². The highest BCUT2D eigenvalue weighted by Crippen LogP contribution is 2.61. The quantitative estimate of drug-likeness (QED) is 0.849. The first-order chi connectivity index (χ1) is 11.2. The van der Waals surface area contributed by atoms with Crippen molar-refractivity contribution in [1.82, 2.24) is 9.88 Å². The molecule has 6 rings (SSSR count). The first-order valence-corrected chi connectivity index (χ1v) is 9.89. The molecule has 1 aromatic rings. The Hall–Kier alpha value is -1.10. The Balaban J connectivity index is 1.17. The molecule has 0 aromatic carbocycles. The second kappa shape index (κ2) is 5.20. The van der Waals surface area contributed by atoms with Crippen molar-refractivity contribution >= 4 is 17.2 Å². The molecule has 0 atom stereocenters. The molecule has 2 heterocycles. The molecule has 4 nitrogen and oxygen atoms in total. The van der Waals surface area contributed by atoms with Crippen LogP contribution in [0.3, 0.4) is 0 Å². The number of amides is 1. The molecule has 5 heteroatoms. The van der Waals surface area contributed by atoms with Crippen LogP contribution in [0.15, 0.2) is 11.6 Å². The van der Waals surface area contributed by atoms with E-state index in [1.165, 1.54) is 49.9 Å². The number of thiazole rings is 1. The molecule has 0 N–H and O–H groups in total. The van der Waals surface area contributed by atoms with Crippen LogP contribution in [0.25, 0.3) is 0 Å². The van der Waals surface area contributed by atoms with Crippen molar-refractivity contribution in [2.45, 2.75) is 51.0 Å². The van der Waals surface area contributed by atoms with Crippen LogP contribution in [0.5, 0.6) is 5.19 Å². The van der Waals surface area contributed by atoms with Crippen LogP contribution >= 0.6 is 11.3 Å². The van der Waals surface area contributed by atoms with Crippen LogP contribution in [0, 0.1) is 23.2 Å². The highest BCUT2D eigenvalue weighted by molar-refractivity contribution is 7.11. The van der Waals surface area contributed by atoms with Crippen molar-refractivity contribution < 1.29 is 9.53 Å². The minimum Gasteiger partial charge on any atom is -0.463 e. The van der Waals surface area contributed by atoms with E-state index in [1.807, 2.05) is 10.3 Å². The van der Waals surface area contributed by atoms with E-state index in [9.17, 15) is 4.79 Å². The molecule has 124 valence electrons. The monoisotopic (exact) mass is 332 g/mol. The van der Waals surface area contributed by atoms with E-state index >= 15 is 0 Å². The van der Waals surface area contributed by atoms with E-state index in [0.29, 0.717) is 11.3 Å². The minimum atomic E-state index is 0.140. The Morgan fingerprint density at radius 1 is 1.22 bits per heavy atom. The Bertz CT molecular complexity index is 559. The van der Waals surface area contributed by atoms with Gasteiger partial charge in [-0.15, -0.1) is 0 Å². The molecule has 1 aromatic heterocycles. The van der Waals surface area contributed by atoms with E-state index < -0.39 is 0 Å². The molecule has 4 bridgehead atoms. The molecule has 0 unspecified atom stereocenters. The van der Waals surface area contributed by atoms with Crippen LogP contribution in [0.2, 0.25) is 0 Å². The van der Waals surface area contributed by atoms with E-state index in [1.54, 1.807) is 6.20 Å². The van der Waals surface area contributed by atoms with E-state index in [4.69, 9.17) is 4.74 Å². The Labute approximate surface area is 141 Å². The van der Waals surface area contributed by atoms with Crippen molar-refractivity contribution in [3.8, 4) is 5.19 Å². The average molecular weight is 332 g/mol. The zero-order valence-electron chi connectivity index (χ0n) is 13.4. The maximum atomic E-state index is 12.7. The lowest BCUT2D eigenvalue weighted by Crippen LogP contribution is -2.57. The topological polar surface area (TPSA) is 42.4 Å². The predicted molar refractivity (Wildman–Crippen MR) is 88.3 cm³/mol. The van der Waals surface area contributed by atoms with E-state index in [0.717, 1.165) is 42.5 Å². The first-order valence-electron chi connectivity index (χ1n) is 9.01. The molecule has 4 saturated carbocycles. The lowest BCUT2D eigenvalue weighted by molar-refractivity contribution is -0.148. The summed E-state index contributed by atoms with van der Waals surface area (Å²) in [5, 5.41) is 2.65. The Morgan fingerprint density at radius 2 is 1.87 bits per heavy atom. The summed E-state index contributed by atoms with van der Waals surface area (Å²) < 4.78 is 5.78. The van der Waals surface area contributed by atoms with Gasteiger partial charge in [0.15, 0.2) is 0 Å². The molecule has 1 saturated heterocycles. The Morgan fingerprint density at radius 3 is 2.43 bits per heavy atom. The number of aromatic nitrogens is 1. The fourth-order valence-electron chi connectivity index (χ4n) is 6.07. The third kappa shape index (κ3) is 2.57. The van der Waals surface area contributed by atoms with Gasteiger partial charge in [0.2, 0.25) is 5.91 Å². The summed E-state index contributed by atoms with van der Waals surface area (Å²) >= 11 is 1.52. The zero-order chi connectivity index (χ0) is 15.4. The van der Waals surface area contributed by atoms with Crippen molar-refractivity contribution in [2.24, 2.45) is 23.2 Å². The second-order valence-electron chi connectivity index (χ2n) is 8.43. The van der Waals surface area contributed by atoms with Gasteiger partial charge in [0.1, 0.15) is 6.10 Å². The summed E-state index contributed by atoms with van der Waals surface area (Å²) in [5.74, 6) is 3.13. The zero-order valence-corrected chi connectivity index (χ0v) is 14.3. The number of rotatable bonds is 4. The van der Waals surface area contributed by atoms with Crippen molar-refractivity contribution in [3.05, 3.63) is 11.6 Å². The largest absolute Gasteiger partial charge is 0.463 e. The fourth-order valence-corrected chi connectivity index (χ4v) is 6.62. The third-order valence-electron chi connectivity index (χ3n) is 6.57. The number of carbonyl (C=O) groups excluding carboxylic acids is 1. The second-order valence-corrected chi connectivity index (χ2v) is 9.29. The summed E-state index contributed by atoms with van der Waals surface area (Å²) in [7, 11) is 0. The van der Waals surface area contributed by atoms with Gasteiger partial charge in [-0.1, -0.05) is 11.3 Å². The number of ether oxygens (including phenoxy) is 1. The smallest absolute Gasteiger partial charge is 0.273 e. The molecule has 0 spiro atoms. The molecular formula is C18H24N2O2S. The number of likely N-dealkylation sites (tertiary alicyclic amines) is 1. The molecular weight excluding hydrogens is 308 g/mol. The first kappa shape index (κ1) is 14.3. The number of carbonyl (C=O) groups is 1. The molecule has 1 aliphatic heterocycles. The van der Waals surface area contributed by atoms with Gasteiger partial charge < -0.3 is 9.64 Å². The Kier molecular flexibility index (Phi) is 3.22. The van der Waals surface area contributed by atoms with Gasteiger partial charge in [0, 0.05) is 18.0 Å². The van der Waals surface area contributed by atoms with Crippen LogP contribution in [-0.4, -0.2) is 35.0 Å². The van der Waals surface area contributed by atoms with Gasteiger partial charge in [-0.2, -0.15) is 0 Å². The third-order valence-corrected chi connectivity index (χ3v) is 7.23. The fraction of sp³-hybridized carbons (Fsp3) is 0.778.